The zero-order chi connectivity index (χ0) is 13.2. The number of hydrogen-bond acceptors (Lipinski definition) is 2. The third-order valence-corrected chi connectivity index (χ3v) is 4.36. The summed E-state index contributed by atoms with van der Waals surface area (Å²) < 4.78 is 1.03. The summed E-state index contributed by atoms with van der Waals surface area (Å²) in [5.41, 5.74) is 3.32. The van der Waals surface area contributed by atoms with Gasteiger partial charge >= 0.3 is 0 Å². The van der Waals surface area contributed by atoms with Crippen LogP contribution in [0.15, 0.2) is 47.1 Å². The fourth-order valence-electron chi connectivity index (χ4n) is 2.84. The van der Waals surface area contributed by atoms with E-state index < -0.39 is 6.10 Å². The van der Waals surface area contributed by atoms with Crippen LogP contribution in [-0.2, 0) is 6.42 Å². The van der Waals surface area contributed by atoms with Gasteiger partial charge in [-0.15, -0.1) is 0 Å². The van der Waals surface area contributed by atoms with Crippen LogP contribution in [0.2, 0.25) is 0 Å². The Balaban J connectivity index is 1.92. The van der Waals surface area contributed by atoms with E-state index in [-0.39, 0.29) is 5.92 Å². The first-order valence-electron chi connectivity index (χ1n) is 6.63. The van der Waals surface area contributed by atoms with Crippen LogP contribution in [-0.4, -0.2) is 10.1 Å². The van der Waals surface area contributed by atoms with Crippen LogP contribution in [0.4, 0.5) is 0 Å². The molecule has 0 bridgehead atoms. The number of benzene rings is 1. The van der Waals surface area contributed by atoms with E-state index in [0.29, 0.717) is 0 Å². The van der Waals surface area contributed by atoms with Crippen molar-refractivity contribution < 1.29 is 5.11 Å². The van der Waals surface area contributed by atoms with Gasteiger partial charge in [0.25, 0.3) is 0 Å². The lowest BCUT2D eigenvalue weighted by Crippen LogP contribution is -2.18. The topological polar surface area (TPSA) is 33.1 Å². The molecule has 1 aromatic heterocycles. The number of rotatable bonds is 2. The van der Waals surface area contributed by atoms with Crippen molar-refractivity contribution >= 4 is 15.9 Å². The van der Waals surface area contributed by atoms with Gasteiger partial charge < -0.3 is 5.11 Å². The smallest absolute Gasteiger partial charge is 0.0873 e. The van der Waals surface area contributed by atoms with Gasteiger partial charge in [0.1, 0.15) is 0 Å². The highest BCUT2D eigenvalue weighted by Gasteiger charge is 2.28. The van der Waals surface area contributed by atoms with Crippen molar-refractivity contribution in [3.63, 3.8) is 0 Å². The Morgan fingerprint density at radius 1 is 1.21 bits per heavy atom. The van der Waals surface area contributed by atoms with Crippen LogP contribution in [0.25, 0.3) is 0 Å². The highest BCUT2D eigenvalue weighted by atomic mass is 79.9. The first-order valence-corrected chi connectivity index (χ1v) is 7.42. The Hall–Kier alpha value is -1.19. The number of nitrogens with zero attached hydrogens (tertiary/aromatic N) is 1. The molecule has 0 saturated heterocycles. The molecular weight excluding hydrogens is 302 g/mol. The summed E-state index contributed by atoms with van der Waals surface area (Å²) in [6.45, 7) is 0. The van der Waals surface area contributed by atoms with Crippen LogP contribution in [0.5, 0.6) is 0 Å². The van der Waals surface area contributed by atoms with E-state index in [1.165, 1.54) is 5.56 Å². The molecule has 0 saturated carbocycles. The summed E-state index contributed by atoms with van der Waals surface area (Å²) in [4.78, 5) is 4.50. The monoisotopic (exact) mass is 317 g/mol. The summed E-state index contributed by atoms with van der Waals surface area (Å²) in [6, 6.07) is 12.0. The summed E-state index contributed by atoms with van der Waals surface area (Å²) in [7, 11) is 0. The van der Waals surface area contributed by atoms with Crippen molar-refractivity contribution in [2.45, 2.75) is 31.3 Å². The standard InChI is InChI=1S/C16H16BrNO/c17-13-8-6-12(7-9-13)16(19)14-5-1-3-11-4-2-10-18-15(11)14/h2,4,6-10,14,16,19H,1,3,5H2. The SMILES string of the molecule is OC(c1ccc(Br)cc1)C1CCCc2cccnc21. The van der Waals surface area contributed by atoms with Gasteiger partial charge in [-0.3, -0.25) is 4.98 Å². The van der Waals surface area contributed by atoms with E-state index in [4.69, 9.17) is 0 Å². The Morgan fingerprint density at radius 2 is 2.00 bits per heavy atom. The molecule has 3 heteroatoms. The third-order valence-electron chi connectivity index (χ3n) is 3.83. The number of aryl methyl sites for hydroxylation is 1. The lowest BCUT2D eigenvalue weighted by atomic mass is 9.81. The van der Waals surface area contributed by atoms with Crippen molar-refractivity contribution in [2.75, 3.05) is 0 Å². The molecule has 0 aliphatic heterocycles. The van der Waals surface area contributed by atoms with Gasteiger partial charge in [0.15, 0.2) is 0 Å². The average Bonchev–Trinajstić information content (AvgIpc) is 2.47. The van der Waals surface area contributed by atoms with Crippen LogP contribution in [0.3, 0.4) is 0 Å². The van der Waals surface area contributed by atoms with Gasteiger partial charge in [0.2, 0.25) is 0 Å². The second-order valence-electron chi connectivity index (χ2n) is 5.04. The molecule has 0 fully saturated rings. The van der Waals surface area contributed by atoms with Crippen molar-refractivity contribution in [3.05, 3.63) is 63.9 Å². The molecule has 1 aliphatic rings. The lowest BCUT2D eigenvalue weighted by Gasteiger charge is -2.28. The van der Waals surface area contributed by atoms with Crippen LogP contribution in [0.1, 0.15) is 41.7 Å². The second kappa shape index (κ2) is 5.43. The molecular formula is C16H16BrNO. The van der Waals surface area contributed by atoms with Gasteiger partial charge in [-0.05, 0) is 48.6 Å². The minimum atomic E-state index is -0.470. The van der Waals surface area contributed by atoms with E-state index in [1.54, 1.807) is 0 Å². The van der Waals surface area contributed by atoms with Crippen LogP contribution < -0.4 is 0 Å². The van der Waals surface area contributed by atoms with E-state index in [1.807, 2.05) is 36.5 Å². The molecule has 0 radical (unpaired) electrons. The largest absolute Gasteiger partial charge is 0.388 e. The summed E-state index contributed by atoms with van der Waals surface area (Å²) >= 11 is 3.42. The molecule has 2 atom stereocenters. The van der Waals surface area contributed by atoms with Crippen LogP contribution >= 0.6 is 15.9 Å². The average molecular weight is 318 g/mol. The van der Waals surface area contributed by atoms with E-state index in [9.17, 15) is 5.11 Å². The quantitative estimate of drug-likeness (QED) is 0.908. The number of aromatic nitrogens is 1. The molecule has 1 aromatic carbocycles. The minimum absolute atomic E-state index is 0.117. The molecule has 1 aliphatic carbocycles. The zero-order valence-corrected chi connectivity index (χ0v) is 12.2. The molecule has 2 aromatic rings. The van der Waals surface area contributed by atoms with Gasteiger partial charge in [-0.25, -0.2) is 0 Å². The Bertz CT molecular complexity index is 567. The van der Waals surface area contributed by atoms with Gasteiger partial charge in [0.05, 0.1) is 6.10 Å². The number of hydrogen-bond donors (Lipinski definition) is 1. The molecule has 0 amide bonds. The molecule has 98 valence electrons. The van der Waals surface area contributed by atoms with E-state index >= 15 is 0 Å². The van der Waals surface area contributed by atoms with Crippen LogP contribution in [0, 0.1) is 0 Å². The third kappa shape index (κ3) is 2.58. The summed E-state index contributed by atoms with van der Waals surface area (Å²) in [5.74, 6) is 0.117. The predicted octanol–water partition coefficient (Wildman–Crippen LogP) is 4.00. The summed E-state index contributed by atoms with van der Waals surface area (Å²) in [6.07, 6.45) is 4.55. The fourth-order valence-corrected chi connectivity index (χ4v) is 3.11. The number of aliphatic hydroxyl groups excluding tert-OH is 1. The number of aliphatic hydroxyl groups is 1. The number of halogens is 1. The molecule has 1 N–H and O–H groups in total. The van der Waals surface area contributed by atoms with Crippen molar-refractivity contribution in [1.29, 1.82) is 0 Å². The number of pyridine rings is 1. The predicted molar refractivity (Wildman–Crippen MR) is 79.0 cm³/mol. The summed E-state index contributed by atoms with van der Waals surface area (Å²) in [5, 5.41) is 10.6. The molecule has 2 nitrogen and oxygen atoms in total. The van der Waals surface area contributed by atoms with E-state index in [0.717, 1.165) is 35.0 Å². The maximum absolute atomic E-state index is 10.6. The molecule has 0 spiro atoms. The molecule has 19 heavy (non-hydrogen) atoms. The number of fused-ring (bicyclic) bond motifs is 1. The normalized spacial score (nSPS) is 19.8. The van der Waals surface area contributed by atoms with Crippen molar-refractivity contribution in [2.24, 2.45) is 0 Å². The van der Waals surface area contributed by atoms with E-state index in [2.05, 4.69) is 27.0 Å². The Morgan fingerprint density at radius 3 is 2.79 bits per heavy atom. The lowest BCUT2D eigenvalue weighted by molar-refractivity contribution is 0.134. The highest BCUT2D eigenvalue weighted by molar-refractivity contribution is 9.10. The first kappa shape index (κ1) is 12.8. The molecule has 3 rings (SSSR count). The zero-order valence-electron chi connectivity index (χ0n) is 10.6. The van der Waals surface area contributed by atoms with Crippen molar-refractivity contribution in [1.82, 2.24) is 4.98 Å². The Kier molecular flexibility index (Phi) is 3.67. The maximum Gasteiger partial charge on any atom is 0.0873 e. The molecule has 2 unspecified atom stereocenters. The molecule has 1 heterocycles. The fraction of sp³-hybridized carbons (Fsp3) is 0.312. The first-order chi connectivity index (χ1) is 9.25. The highest BCUT2D eigenvalue weighted by Crippen LogP contribution is 2.39. The minimum Gasteiger partial charge on any atom is -0.388 e. The van der Waals surface area contributed by atoms with Crippen molar-refractivity contribution in [3.8, 4) is 0 Å². The van der Waals surface area contributed by atoms with Gasteiger partial charge in [0, 0.05) is 22.3 Å². The maximum atomic E-state index is 10.6. The van der Waals surface area contributed by atoms with Gasteiger partial charge in [-0.1, -0.05) is 34.1 Å². The Labute approximate surface area is 121 Å². The van der Waals surface area contributed by atoms with Gasteiger partial charge in [-0.2, -0.15) is 0 Å². The second-order valence-corrected chi connectivity index (χ2v) is 5.96.